The summed E-state index contributed by atoms with van der Waals surface area (Å²) in [4.78, 5) is 3.84. The van der Waals surface area contributed by atoms with Crippen molar-refractivity contribution in [3.63, 3.8) is 0 Å². The molecule has 10 heavy (non-hydrogen) atoms. The van der Waals surface area contributed by atoms with Crippen LogP contribution in [0.15, 0.2) is 18.7 Å². The van der Waals surface area contributed by atoms with Crippen LogP contribution in [-0.2, 0) is 9.47 Å². The van der Waals surface area contributed by atoms with Crippen LogP contribution in [0.3, 0.4) is 0 Å². The van der Waals surface area contributed by atoms with Crippen LogP contribution in [0, 0.1) is 0 Å². The van der Waals surface area contributed by atoms with Crippen molar-refractivity contribution in [3.05, 3.63) is 18.7 Å². The van der Waals surface area contributed by atoms with Crippen LogP contribution in [0.5, 0.6) is 0 Å². The Hall–Kier alpha value is -0.870. The molecule has 0 unspecified atom stereocenters. The first kappa shape index (κ1) is 7.24. The molecule has 1 heterocycles. The lowest BCUT2D eigenvalue weighted by atomic mass is 10.8. The fraction of sp³-hybridized carbons (Fsp3) is 0.500. The minimum absolute atomic E-state index is 0.359. The number of imidazole rings is 1. The van der Waals surface area contributed by atoms with Gasteiger partial charge in [-0.2, -0.15) is 0 Å². The zero-order valence-electron chi connectivity index (χ0n) is 6.02. The zero-order valence-corrected chi connectivity index (χ0v) is 6.02. The Morgan fingerprint density at radius 2 is 2.10 bits per heavy atom. The number of rotatable bonds is 3. The number of hydrogen-bond donors (Lipinski definition) is 0. The molecule has 4 heteroatoms. The maximum Gasteiger partial charge on any atom is 0.244 e. The minimum atomic E-state index is -0.359. The van der Waals surface area contributed by atoms with Gasteiger partial charge in [-0.15, -0.1) is 0 Å². The molecule has 0 radical (unpaired) electrons. The van der Waals surface area contributed by atoms with E-state index < -0.39 is 0 Å². The fourth-order valence-corrected chi connectivity index (χ4v) is 0.734. The number of ether oxygens (including phenoxy) is 2. The second-order valence-corrected chi connectivity index (χ2v) is 1.79. The van der Waals surface area contributed by atoms with Crippen LogP contribution in [0.2, 0.25) is 0 Å². The van der Waals surface area contributed by atoms with Crippen molar-refractivity contribution >= 4 is 0 Å². The van der Waals surface area contributed by atoms with E-state index in [2.05, 4.69) is 4.98 Å². The molecule has 0 aliphatic heterocycles. The Bertz CT molecular complexity index is 170. The Labute approximate surface area is 59.4 Å². The smallest absolute Gasteiger partial charge is 0.244 e. The van der Waals surface area contributed by atoms with E-state index in [1.807, 2.05) is 0 Å². The number of hydrogen-bond acceptors (Lipinski definition) is 3. The van der Waals surface area contributed by atoms with Crippen LogP contribution >= 0.6 is 0 Å². The quantitative estimate of drug-likeness (QED) is 0.581. The summed E-state index contributed by atoms with van der Waals surface area (Å²) in [7, 11) is 3.16. The van der Waals surface area contributed by atoms with Crippen LogP contribution in [0.4, 0.5) is 0 Å². The van der Waals surface area contributed by atoms with Gasteiger partial charge in [0.05, 0.1) is 6.33 Å². The SMILES string of the molecule is COC(OC)n1ccnc1. The van der Waals surface area contributed by atoms with Crippen molar-refractivity contribution in [2.45, 2.75) is 6.41 Å². The molecule has 0 bridgehead atoms. The van der Waals surface area contributed by atoms with E-state index in [0.29, 0.717) is 0 Å². The summed E-state index contributed by atoms with van der Waals surface area (Å²) in [6.07, 6.45) is 4.72. The second kappa shape index (κ2) is 3.34. The average molecular weight is 142 g/mol. The van der Waals surface area contributed by atoms with E-state index in [4.69, 9.17) is 9.47 Å². The molecule has 0 saturated heterocycles. The number of aromatic nitrogens is 2. The molecule has 0 aromatic carbocycles. The Morgan fingerprint density at radius 3 is 2.50 bits per heavy atom. The van der Waals surface area contributed by atoms with E-state index >= 15 is 0 Å². The summed E-state index contributed by atoms with van der Waals surface area (Å²) in [5.41, 5.74) is 0. The van der Waals surface area contributed by atoms with E-state index in [1.54, 1.807) is 37.5 Å². The van der Waals surface area contributed by atoms with Crippen molar-refractivity contribution in [2.75, 3.05) is 14.2 Å². The van der Waals surface area contributed by atoms with Crippen molar-refractivity contribution in [1.82, 2.24) is 9.55 Å². The van der Waals surface area contributed by atoms with Crippen LogP contribution < -0.4 is 0 Å². The van der Waals surface area contributed by atoms with Gasteiger partial charge in [-0.3, -0.25) is 4.57 Å². The monoisotopic (exact) mass is 142 g/mol. The van der Waals surface area contributed by atoms with Gasteiger partial charge < -0.3 is 9.47 Å². The van der Waals surface area contributed by atoms with Gasteiger partial charge in [0, 0.05) is 26.6 Å². The van der Waals surface area contributed by atoms with Crippen LogP contribution in [0.1, 0.15) is 6.41 Å². The first-order chi connectivity index (χ1) is 4.88. The molecular formula is C6H10N2O2. The highest BCUT2D eigenvalue weighted by molar-refractivity contribution is 4.74. The summed E-state index contributed by atoms with van der Waals surface area (Å²) in [6, 6.07) is 0. The van der Waals surface area contributed by atoms with Crippen molar-refractivity contribution < 1.29 is 9.47 Å². The van der Waals surface area contributed by atoms with E-state index in [-0.39, 0.29) is 6.41 Å². The van der Waals surface area contributed by atoms with Gasteiger partial charge in [0.2, 0.25) is 6.41 Å². The van der Waals surface area contributed by atoms with E-state index in [0.717, 1.165) is 0 Å². The summed E-state index contributed by atoms with van der Waals surface area (Å²) in [5, 5.41) is 0. The normalized spacial score (nSPS) is 10.7. The third kappa shape index (κ3) is 1.34. The van der Waals surface area contributed by atoms with Crippen LogP contribution in [0.25, 0.3) is 0 Å². The lowest BCUT2D eigenvalue weighted by Gasteiger charge is -2.13. The predicted molar refractivity (Wildman–Crippen MR) is 35.3 cm³/mol. The molecular weight excluding hydrogens is 132 g/mol. The lowest BCUT2D eigenvalue weighted by Crippen LogP contribution is -2.10. The van der Waals surface area contributed by atoms with Gasteiger partial charge in [0.25, 0.3) is 0 Å². The third-order valence-corrected chi connectivity index (χ3v) is 1.17. The van der Waals surface area contributed by atoms with Gasteiger partial charge in [-0.1, -0.05) is 0 Å². The molecule has 0 saturated carbocycles. The fourth-order valence-electron chi connectivity index (χ4n) is 0.734. The molecule has 1 rings (SSSR count). The van der Waals surface area contributed by atoms with Gasteiger partial charge in [0.15, 0.2) is 0 Å². The first-order valence-corrected chi connectivity index (χ1v) is 2.91. The topological polar surface area (TPSA) is 36.3 Å². The highest BCUT2D eigenvalue weighted by Gasteiger charge is 2.03. The second-order valence-electron chi connectivity index (χ2n) is 1.79. The minimum Gasteiger partial charge on any atom is -0.338 e. The molecule has 1 aromatic rings. The Balaban J connectivity index is 2.64. The van der Waals surface area contributed by atoms with Gasteiger partial charge in [-0.25, -0.2) is 4.98 Å². The first-order valence-electron chi connectivity index (χ1n) is 2.91. The Kier molecular flexibility index (Phi) is 2.42. The lowest BCUT2D eigenvalue weighted by molar-refractivity contribution is -0.156. The van der Waals surface area contributed by atoms with Gasteiger partial charge >= 0.3 is 0 Å². The zero-order chi connectivity index (χ0) is 7.40. The molecule has 0 fully saturated rings. The number of methoxy groups -OCH3 is 2. The number of nitrogens with zero attached hydrogens (tertiary/aromatic N) is 2. The van der Waals surface area contributed by atoms with Crippen LogP contribution in [-0.4, -0.2) is 23.8 Å². The molecule has 0 amide bonds. The molecule has 0 atom stereocenters. The molecule has 0 aliphatic carbocycles. The highest BCUT2D eigenvalue weighted by Crippen LogP contribution is 2.05. The maximum atomic E-state index is 4.94. The molecule has 56 valence electrons. The molecule has 0 spiro atoms. The summed E-state index contributed by atoms with van der Waals surface area (Å²) in [5.74, 6) is 0. The van der Waals surface area contributed by atoms with Crippen molar-refractivity contribution in [2.24, 2.45) is 0 Å². The van der Waals surface area contributed by atoms with Gasteiger partial charge in [-0.05, 0) is 0 Å². The molecule has 1 aromatic heterocycles. The van der Waals surface area contributed by atoms with E-state index in [1.165, 1.54) is 0 Å². The standard InChI is InChI=1S/C6H10N2O2/c1-9-6(10-2)8-4-3-7-5-8/h3-6H,1-2H3. The summed E-state index contributed by atoms with van der Waals surface area (Å²) < 4.78 is 11.6. The molecule has 4 nitrogen and oxygen atoms in total. The maximum absolute atomic E-state index is 4.94. The summed E-state index contributed by atoms with van der Waals surface area (Å²) in [6.45, 7) is 0. The van der Waals surface area contributed by atoms with Crippen molar-refractivity contribution in [1.29, 1.82) is 0 Å². The summed E-state index contributed by atoms with van der Waals surface area (Å²) >= 11 is 0. The molecule has 0 aliphatic rings. The largest absolute Gasteiger partial charge is 0.338 e. The van der Waals surface area contributed by atoms with E-state index in [9.17, 15) is 0 Å². The average Bonchev–Trinajstić information content (AvgIpc) is 2.43. The molecule has 0 N–H and O–H groups in total. The third-order valence-electron chi connectivity index (χ3n) is 1.17. The van der Waals surface area contributed by atoms with Crippen molar-refractivity contribution in [3.8, 4) is 0 Å². The van der Waals surface area contributed by atoms with Gasteiger partial charge in [0.1, 0.15) is 0 Å². The predicted octanol–water partition coefficient (Wildman–Crippen LogP) is 0.632. The highest BCUT2D eigenvalue weighted by atomic mass is 16.7. The Morgan fingerprint density at radius 1 is 1.40 bits per heavy atom.